The molecule has 0 bridgehead atoms. The van der Waals surface area contributed by atoms with Crippen LogP contribution in [0.25, 0.3) is 0 Å². The summed E-state index contributed by atoms with van der Waals surface area (Å²) in [6.45, 7) is 5.08. The third kappa shape index (κ3) is 3.03. The van der Waals surface area contributed by atoms with Gasteiger partial charge in [0.05, 0.1) is 5.69 Å². The smallest absolute Gasteiger partial charge is 0.0771 e. The van der Waals surface area contributed by atoms with Crippen LogP contribution >= 0.6 is 0 Å². The Hall–Kier alpha value is -1.78. The Morgan fingerprint density at radius 1 is 1.20 bits per heavy atom. The van der Waals surface area contributed by atoms with E-state index in [2.05, 4.69) is 57.7 Å². The van der Waals surface area contributed by atoms with Crippen LogP contribution in [0, 0.1) is 0 Å². The van der Waals surface area contributed by atoms with Gasteiger partial charge in [0.25, 0.3) is 0 Å². The molecule has 0 radical (unpaired) electrons. The average Bonchev–Trinajstić information content (AvgIpc) is 2.49. The third-order valence-electron chi connectivity index (χ3n) is 3.79. The van der Waals surface area contributed by atoms with Gasteiger partial charge in [-0.1, -0.05) is 30.3 Å². The zero-order chi connectivity index (χ0) is 13.8. The van der Waals surface area contributed by atoms with E-state index in [0.29, 0.717) is 12.1 Å². The Bertz CT molecular complexity index is 529. The summed E-state index contributed by atoms with van der Waals surface area (Å²) in [5.74, 6) is 0. The highest BCUT2D eigenvalue weighted by Gasteiger charge is 2.27. The van der Waals surface area contributed by atoms with E-state index in [1.165, 1.54) is 5.56 Å². The predicted molar refractivity (Wildman–Crippen MR) is 79.1 cm³/mol. The molecule has 0 saturated carbocycles. The van der Waals surface area contributed by atoms with Crippen molar-refractivity contribution in [2.75, 3.05) is 13.1 Å². The van der Waals surface area contributed by atoms with Crippen LogP contribution in [-0.4, -0.2) is 34.2 Å². The van der Waals surface area contributed by atoms with Crippen molar-refractivity contribution in [2.45, 2.75) is 25.6 Å². The molecule has 104 valence electrons. The highest BCUT2D eigenvalue weighted by molar-refractivity contribution is 5.20. The first-order valence-electron chi connectivity index (χ1n) is 7.12. The lowest BCUT2D eigenvalue weighted by molar-refractivity contribution is 0.126. The highest BCUT2D eigenvalue weighted by atomic mass is 15.2. The molecule has 1 aliphatic rings. The molecular weight excluding hydrogens is 248 g/mol. The first kappa shape index (κ1) is 13.2. The van der Waals surface area contributed by atoms with E-state index in [9.17, 15) is 0 Å². The standard InChI is InChI=1S/C16H20N4/c1-13-11-20(12-15-8-5-9-18-19-15)16(10-17-13)14-6-3-2-4-7-14/h2-9,13,16-17H,10-12H2,1H3. The van der Waals surface area contributed by atoms with Gasteiger partial charge in [-0.3, -0.25) is 4.90 Å². The molecule has 1 fully saturated rings. The van der Waals surface area contributed by atoms with Gasteiger partial charge in [-0.2, -0.15) is 10.2 Å². The van der Waals surface area contributed by atoms with Gasteiger partial charge in [-0.25, -0.2) is 0 Å². The third-order valence-corrected chi connectivity index (χ3v) is 3.79. The monoisotopic (exact) mass is 268 g/mol. The molecular formula is C16H20N4. The van der Waals surface area contributed by atoms with Crippen LogP contribution in [0.1, 0.15) is 24.2 Å². The highest BCUT2D eigenvalue weighted by Crippen LogP contribution is 2.24. The summed E-state index contributed by atoms with van der Waals surface area (Å²) in [7, 11) is 0. The fraction of sp³-hybridized carbons (Fsp3) is 0.375. The van der Waals surface area contributed by atoms with Gasteiger partial charge in [-0.15, -0.1) is 0 Å². The number of hydrogen-bond donors (Lipinski definition) is 1. The summed E-state index contributed by atoms with van der Waals surface area (Å²) in [6, 6.07) is 15.6. The molecule has 1 saturated heterocycles. The van der Waals surface area contributed by atoms with Crippen molar-refractivity contribution >= 4 is 0 Å². The topological polar surface area (TPSA) is 41.1 Å². The molecule has 2 unspecified atom stereocenters. The van der Waals surface area contributed by atoms with E-state index in [1.807, 2.05) is 12.1 Å². The lowest BCUT2D eigenvalue weighted by atomic mass is 10.0. The second-order valence-electron chi connectivity index (χ2n) is 5.38. The van der Waals surface area contributed by atoms with E-state index in [4.69, 9.17) is 0 Å². The lowest BCUT2D eigenvalue weighted by Crippen LogP contribution is -2.50. The Morgan fingerprint density at radius 3 is 2.80 bits per heavy atom. The maximum atomic E-state index is 4.21. The summed E-state index contributed by atoms with van der Waals surface area (Å²) in [6.07, 6.45) is 1.72. The van der Waals surface area contributed by atoms with E-state index in [0.717, 1.165) is 25.3 Å². The Balaban J connectivity index is 1.80. The van der Waals surface area contributed by atoms with Crippen molar-refractivity contribution in [3.05, 3.63) is 59.9 Å². The molecule has 3 rings (SSSR count). The largest absolute Gasteiger partial charge is 0.311 e. The first-order chi connectivity index (χ1) is 9.83. The molecule has 0 spiro atoms. The van der Waals surface area contributed by atoms with E-state index in [1.54, 1.807) is 6.20 Å². The minimum Gasteiger partial charge on any atom is -0.311 e. The van der Waals surface area contributed by atoms with Crippen LogP contribution in [0.3, 0.4) is 0 Å². The molecule has 4 heteroatoms. The van der Waals surface area contributed by atoms with E-state index >= 15 is 0 Å². The zero-order valence-electron chi connectivity index (χ0n) is 11.7. The van der Waals surface area contributed by atoms with Gasteiger partial charge in [0, 0.05) is 37.9 Å². The van der Waals surface area contributed by atoms with E-state index < -0.39 is 0 Å². The first-order valence-corrected chi connectivity index (χ1v) is 7.12. The number of benzene rings is 1. The minimum atomic E-state index is 0.398. The number of nitrogens with zero attached hydrogens (tertiary/aromatic N) is 3. The van der Waals surface area contributed by atoms with Crippen LogP contribution in [-0.2, 0) is 6.54 Å². The second kappa shape index (κ2) is 6.11. The van der Waals surface area contributed by atoms with Crippen LogP contribution in [0.2, 0.25) is 0 Å². The molecule has 1 N–H and O–H groups in total. The van der Waals surface area contributed by atoms with Crippen molar-refractivity contribution in [3.63, 3.8) is 0 Å². The molecule has 0 aliphatic carbocycles. The minimum absolute atomic E-state index is 0.398. The van der Waals surface area contributed by atoms with Gasteiger partial charge in [-0.05, 0) is 24.6 Å². The lowest BCUT2D eigenvalue weighted by Gasteiger charge is -2.39. The number of aromatic nitrogens is 2. The van der Waals surface area contributed by atoms with Gasteiger partial charge < -0.3 is 5.32 Å². The molecule has 2 heterocycles. The number of hydrogen-bond acceptors (Lipinski definition) is 4. The normalized spacial score (nSPS) is 23.6. The Labute approximate surface area is 119 Å². The summed E-state index contributed by atoms with van der Waals surface area (Å²) in [5, 5.41) is 11.8. The van der Waals surface area contributed by atoms with Crippen LogP contribution in [0.15, 0.2) is 48.7 Å². The molecule has 0 amide bonds. The maximum Gasteiger partial charge on any atom is 0.0771 e. The molecule has 20 heavy (non-hydrogen) atoms. The summed E-state index contributed by atoms with van der Waals surface area (Å²) < 4.78 is 0. The zero-order valence-corrected chi connectivity index (χ0v) is 11.7. The van der Waals surface area contributed by atoms with Crippen LogP contribution in [0.5, 0.6) is 0 Å². The number of nitrogens with one attached hydrogen (secondary N) is 1. The van der Waals surface area contributed by atoms with Gasteiger partial charge in [0.15, 0.2) is 0 Å². The average molecular weight is 268 g/mol. The van der Waals surface area contributed by atoms with Crippen molar-refractivity contribution in [1.29, 1.82) is 0 Å². The summed E-state index contributed by atoms with van der Waals surface area (Å²) >= 11 is 0. The summed E-state index contributed by atoms with van der Waals surface area (Å²) in [4.78, 5) is 2.49. The SMILES string of the molecule is CC1CN(Cc2cccnn2)C(c2ccccc2)CN1. The molecule has 4 nitrogen and oxygen atoms in total. The van der Waals surface area contributed by atoms with E-state index in [-0.39, 0.29) is 0 Å². The Kier molecular flexibility index (Phi) is 4.04. The second-order valence-corrected chi connectivity index (χ2v) is 5.38. The quantitative estimate of drug-likeness (QED) is 0.924. The van der Waals surface area contributed by atoms with Gasteiger partial charge in [0.2, 0.25) is 0 Å². The van der Waals surface area contributed by atoms with Crippen LogP contribution < -0.4 is 5.32 Å². The van der Waals surface area contributed by atoms with Crippen molar-refractivity contribution in [1.82, 2.24) is 20.4 Å². The fourth-order valence-corrected chi connectivity index (χ4v) is 2.79. The van der Waals surface area contributed by atoms with Crippen molar-refractivity contribution in [3.8, 4) is 0 Å². The van der Waals surface area contributed by atoms with Crippen molar-refractivity contribution in [2.24, 2.45) is 0 Å². The summed E-state index contributed by atoms with van der Waals surface area (Å²) in [5.41, 5.74) is 2.39. The maximum absolute atomic E-state index is 4.21. The molecule has 2 atom stereocenters. The predicted octanol–water partition coefficient (Wildman–Crippen LogP) is 2.01. The fourth-order valence-electron chi connectivity index (χ4n) is 2.79. The molecule has 1 aliphatic heterocycles. The molecule has 2 aromatic rings. The molecule has 1 aromatic heterocycles. The number of rotatable bonds is 3. The van der Waals surface area contributed by atoms with Crippen molar-refractivity contribution < 1.29 is 0 Å². The number of piperazine rings is 1. The molecule has 1 aromatic carbocycles. The van der Waals surface area contributed by atoms with Gasteiger partial charge >= 0.3 is 0 Å². The Morgan fingerprint density at radius 2 is 2.05 bits per heavy atom. The van der Waals surface area contributed by atoms with Crippen LogP contribution in [0.4, 0.5) is 0 Å². The van der Waals surface area contributed by atoms with Gasteiger partial charge in [0.1, 0.15) is 0 Å².